The maximum Gasteiger partial charge on any atom is 0.123 e. The lowest BCUT2D eigenvalue weighted by Gasteiger charge is -2.38. The fourth-order valence-electron chi connectivity index (χ4n) is 3.77. The van der Waals surface area contributed by atoms with Crippen LogP contribution in [0, 0.1) is 48.7 Å². The molecule has 2 aromatic carbocycles. The van der Waals surface area contributed by atoms with Crippen LogP contribution in [0.5, 0.6) is 0 Å². The molecule has 0 radical (unpaired) electrons. The Labute approximate surface area is 225 Å². The zero-order valence-electron chi connectivity index (χ0n) is 23.7. The zero-order valence-corrected chi connectivity index (χ0v) is 23.7. The number of aryl methyl sites for hydroxylation is 2. The van der Waals surface area contributed by atoms with E-state index in [-0.39, 0.29) is 5.82 Å². The first-order chi connectivity index (χ1) is 17.8. The molecule has 200 valence electrons. The van der Waals surface area contributed by atoms with Crippen molar-refractivity contribution in [1.82, 2.24) is 10.3 Å². The predicted octanol–water partition coefficient (Wildman–Crippen LogP) is 8.31. The van der Waals surface area contributed by atoms with E-state index < -0.39 is 0 Å². The Kier molecular flexibility index (Phi) is 16.5. The Morgan fingerprint density at radius 2 is 1.57 bits per heavy atom. The Morgan fingerprint density at radius 1 is 0.919 bits per heavy atom. The molecule has 4 heteroatoms. The molecule has 1 heterocycles. The SMILES string of the molecule is CC1CC(C)C1C.CCCCNCCc1ccc(C#N)cc1.Cc1cccnc1C.Fc1ccccc1. The fraction of sp³-hybridized carbons (Fsp3) is 0.455. The molecule has 0 spiro atoms. The Morgan fingerprint density at radius 3 is 1.95 bits per heavy atom. The van der Waals surface area contributed by atoms with Crippen LogP contribution >= 0.6 is 0 Å². The van der Waals surface area contributed by atoms with Gasteiger partial charge in [-0.15, -0.1) is 0 Å². The highest BCUT2D eigenvalue weighted by Gasteiger charge is 2.29. The molecule has 1 aliphatic carbocycles. The minimum atomic E-state index is -0.178. The third-order valence-electron chi connectivity index (χ3n) is 6.92. The summed E-state index contributed by atoms with van der Waals surface area (Å²) in [5, 5.41) is 12.0. The van der Waals surface area contributed by atoms with E-state index in [9.17, 15) is 4.39 Å². The second-order valence-corrected chi connectivity index (χ2v) is 9.91. The number of nitrogens with one attached hydrogen (secondary N) is 1. The third-order valence-corrected chi connectivity index (χ3v) is 6.92. The maximum atomic E-state index is 11.9. The number of aromatic nitrogens is 1. The molecule has 3 nitrogen and oxygen atoms in total. The average molecular weight is 504 g/mol. The zero-order chi connectivity index (χ0) is 27.5. The Balaban J connectivity index is 0.000000264. The van der Waals surface area contributed by atoms with E-state index in [1.54, 1.807) is 18.2 Å². The fourth-order valence-corrected chi connectivity index (χ4v) is 3.77. The lowest BCUT2D eigenvalue weighted by molar-refractivity contribution is 0.120. The third kappa shape index (κ3) is 14.3. The molecule has 0 amide bonds. The van der Waals surface area contributed by atoms with Gasteiger partial charge in [0.05, 0.1) is 11.6 Å². The molecular weight excluding hydrogens is 457 g/mol. The van der Waals surface area contributed by atoms with Crippen molar-refractivity contribution in [2.24, 2.45) is 17.8 Å². The summed E-state index contributed by atoms with van der Waals surface area (Å²) in [6, 6.07) is 21.9. The predicted molar refractivity (Wildman–Crippen MR) is 155 cm³/mol. The smallest absolute Gasteiger partial charge is 0.123 e. The van der Waals surface area contributed by atoms with Gasteiger partial charge in [0.25, 0.3) is 0 Å². The summed E-state index contributed by atoms with van der Waals surface area (Å²) < 4.78 is 11.9. The number of unbranched alkanes of at least 4 members (excludes halogenated alkanes) is 1. The number of pyridine rings is 1. The quantitative estimate of drug-likeness (QED) is 0.344. The number of halogens is 1. The molecule has 0 bridgehead atoms. The Bertz CT molecular complexity index is 983. The van der Waals surface area contributed by atoms with Gasteiger partial charge in [-0.05, 0) is 105 Å². The molecule has 0 saturated heterocycles. The van der Waals surface area contributed by atoms with E-state index in [0.717, 1.165) is 48.5 Å². The summed E-state index contributed by atoms with van der Waals surface area (Å²) in [5.74, 6) is 2.84. The molecule has 2 unspecified atom stereocenters. The van der Waals surface area contributed by atoms with Gasteiger partial charge in [-0.3, -0.25) is 4.98 Å². The first-order valence-corrected chi connectivity index (χ1v) is 13.6. The molecular formula is C33H46FN3. The minimum absolute atomic E-state index is 0.178. The number of hydrogen-bond donors (Lipinski definition) is 1. The molecule has 1 saturated carbocycles. The van der Waals surface area contributed by atoms with Crippen LogP contribution in [0.4, 0.5) is 4.39 Å². The van der Waals surface area contributed by atoms with Crippen molar-refractivity contribution >= 4 is 0 Å². The first kappa shape index (κ1) is 32.0. The number of benzene rings is 2. The van der Waals surface area contributed by atoms with Gasteiger partial charge in [0, 0.05) is 11.9 Å². The average Bonchev–Trinajstić information content (AvgIpc) is 2.92. The van der Waals surface area contributed by atoms with E-state index in [4.69, 9.17) is 5.26 Å². The topological polar surface area (TPSA) is 48.7 Å². The number of hydrogen-bond acceptors (Lipinski definition) is 3. The molecule has 3 aromatic rings. The summed E-state index contributed by atoms with van der Waals surface area (Å²) in [4.78, 5) is 4.08. The van der Waals surface area contributed by atoms with Crippen LogP contribution in [0.3, 0.4) is 0 Å². The summed E-state index contributed by atoms with van der Waals surface area (Å²) in [6.45, 7) is 15.4. The van der Waals surface area contributed by atoms with Crippen molar-refractivity contribution in [2.45, 2.75) is 67.2 Å². The molecule has 4 rings (SSSR count). The molecule has 37 heavy (non-hydrogen) atoms. The van der Waals surface area contributed by atoms with Gasteiger partial charge in [-0.25, -0.2) is 4.39 Å². The summed E-state index contributed by atoms with van der Waals surface area (Å²) in [6.07, 6.45) is 6.79. The van der Waals surface area contributed by atoms with Crippen molar-refractivity contribution in [1.29, 1.82) is 5.26 Å². The van der Waals surface area contributed by atoms with Gasteiger partial charge in [0.1, 0.15) is 5.82 Å². The van der Waals surface area contributed by atoms with Gasteiger partial charge in [0.15, 0.2) is 0 Å². The van der Waals surface area contributed by atoms with Crippen molar-refractivity contribution in [3.63, 3.8) is 0 Å². The molecule has 1 aromatic heterocycles. The normalized spacial score (nSPS) is 17.3. The summed E-state index contributed by atoms with van der Waals surface area (Å²) in [7, 11) is 0. The van der Waals surface area contributed by atoms with Gasteiger partial charge in [0.2, 0.25) is 0 Å². The summed E-state index contributed by atoms with van der Waals surface area (Å²) in [5.41, 5.74) is 4.40. The molecule has 1 N–H and O–H groups in total. The monoisotopic (exact) mass is 503 g/mol. The van der Waals surface area contributed by atoms with Crippen LogP contribution in [0.25, 0.3) is 0 Å². The molecule has 1 aliphatic rings. The largest absolute Gasteiger partial charge is 0.316 e. The van der Waals surface area contributed by atoms with Gasteiger partial charge in [-0.2, -0.15) is 5.26 Å². The second kappa shape index (κ2) is 19.1. The Hall–Kier alpha value is -3.03. The van der Waals surface area contributed by atoms with Gasteiger partial charge in [-0.1, -0.05) is 70.5 Å². The van der Waals surface area contributed by atoms with E-state index >= 15 is 0 Å². The van der Waals surface area contributed by atoms with E-state index in [0.29, 0.717) is 0 Å². The lowest BCUT2D eigenvalue weighted by Crippen LogP contribution is -2.29. The van der Waals surface area contributed by atoms with E-state index in [2.05, 4.69) is 57.1 Å². The van der Waals surface area contributed by atoms with Crippen molar-refractivity contribution in [3.8, 4) is 6.07 Å². The van der Waals surface area contributed by atoms with E-state index in [1.165, 1.54) is 42.5 Å². The van der Waals surface area contributed by atoms with Crippen LogP contribution in [-0.2, 0) is 6.42 Å². The minimum Gasteiger partial charge on any atom is -0.316 e. The standard InChI is InChI=1S/C13H18N2.C7H9N.C7H14.C6H5F/c1-2-3-9-15-10-8-12-4-6-13(11-14)7-5-12;1-6-4-3-5-8-7(6)2;1-5-4-6(2)7(5)3;7-6-4-2-1-3-5-6/h4-7,15H,2-3,8-10H2,1H3;3-5H,1-2H3;5-7H,4H2,1-3H3;1-5H. The number of nitrogens with zero attached hydrogens (tertiary/aromatic N) is 2. The highest BCUT2D eigenvalue weighted by Crippen LogP contribution is 2.38. The van der Waals surface area contributed by atoms with Crippen LogP contribution < -0.4 is 5.32 Å². The lowest BCUT2D eigenvalue weighted by atomic mass is 9.68. The summed E-state index contributed by atoms with van der Waals surface area (Å²) >= 11 is 0. The van der Waals surface area contributed by atoms with Crippen LogP contribution in [0.15, 0.2) is 72.9 Å². The van der Waals surface area contributed by atoms with E-state index in [1.807, 2.05) is 43.5 Å². The highest BCUT2D eigenvalue weighted by atomic mass is 19.1. The van der Waals surface area contributed by atoms with Gasteiger partial charge >= 0.3 is 0 Å². The number of nitriles is 1. The first-order valence-electron chi connectivity index (χ1n) is 13.6. The van der Waals surface area contributed by atoms with Crippen molar-refractivity contribution in [2.75, 3.05) is 13.1 Å². The number of rotatable bonds is 6. The second-order valence-electron chi connectivity index (χ2n) is 9.91. The molecule has 0 aliphatic heterocycles. The molecule has 1 fully saturated rings. The maximum absolute atomic E-state index is 11.9. The van der Waals surface area contributed by atoms with Crippen molar-refractivity contribution in [3.05, 3.63) is 101 Å². The molecule has 2 atom stereocenters. The van der Waals surface area contributed by atoms with Crippen molar-refractivity contribution < 1.29 is 4.39 Å². The van der Waals surface area contributed by atoms with Crippen LogP contribution in [-0.4, -0.2) is 18.1 Å². The highest BCUT2D eigenvalue weighted by molar-refractivity contribution is 5.31. The van der Waals surface area contributed by atoms with Crippen LogP contribution in [0.2, 0.25) is 0 Å². The van der Waals surface area contributed by atoms with Gasteiger partial charge < -0.3 is 5.32 Å². The van der Waals surface area contributed by atoms with Crippen LogP contribution in [0.1, 0.15) is 69.3 Å².